The summed E-state index contributed by atoms with van der Waals surface area (Å²) in [4.78, 5) is 15.6. The van der Waals surface area contributed by atoms with Crippen LogP contribution in [0.1, 0.15) is 10.4 Å². The summed E-state index contributed by atoms with van der Waals surface area (Å²) in [5.74, 6) is -0.520. The molecule has 4 nitrogen and oxygen atoms in total. The van der Waals surface area contributed by atoms with E-state index < -0.39 is 19.3 Å². The van der Waals surface area contributed by atoms with E-state index in [9.17, 15) is 13.6 Å². The lowest BCUT2D eigenvalue weighted by atomic mass is 10.2. The Morgan fingerprint density at radius 2 is 2.00 bits per heavy atom. The van der Waals surface area contributed by atoms with Crippen molar-refractivity contribution in [2.24, 2.45) is 0 Å². The molecule has 0 aliphatic heterocycles. The molecule has 0 aromatic heterocycles. The van der Waals surface area contributed by atoms with E-state index in [4.69, 9.17) is 0 Å². The van der Waals surface area contributed by atoms with Gasteiger partial charge in [-0.25, -0.2) is 10.3 Å². The second-order valence-corrected chi connectivity index (χ2v) is 2.49. The summed E-state index contributed by atoms with van der Waals surface area (Å²) in [6.45, 7) is -3.62. The van der Waals surface area contributed by atoms with Gasteiger partial charge in [0, 0.05) is 5.56 Å². The summed E-state index contributed by atoms with van der Waals surface area (Å²) >= 11 is 0. The van der Waals surface area contributed by atoms with Crippen LogP contribution in [0.15, 0.2) is 30.3 Å². The van der Waals surface area contributed by atoms with E-state index in [1.54, 1.807) is 30.3 Å². The first kappa shape index (κ1) is 11.5. The zero-order valence-electron chi connectivity index (χ0n) is 7.65. The number of hydroxylamine groups is 1. The predicted octanol–water partition coefficient (Wildman–Crippen LogP) is 1.54. The molecule has 0 saturated heterocycles. The highest BCUT2D eigenvalue weighted by molar-refractivity contribution is 5.93. The van der Waals surface area contributed by atoms with Crippen molar-refractivity contribution in [2.45, 2.75) is 6.61 Å². The Balaban J connectivity index is 2.25. The van der Waals surface area contributed by atoms with Gasteiger partial charge in [-0.15, -0.1) is 0 Å². The molecule has 15 heavy (non-hydrogen) atoms. The molecule has 82 valence electrons. The Morgan fingerprint density at radius 3 is 2.60 bits per heavy atom. The lowest BCUT2D eigenvalue weighted by molar-refractivity contribution is -0.202. The van der Waals surface area contributed by atoms with E-state index in [2.05, 4.69) is 9.57 Å². The molecule has 1 rings (SSSR count). The molecule has 0 radical (unpaired) electrons. The van der Waals surface area contributed by atoms with Crippen molar-refractivity contribution in [1.29, 1.82) is 0 Å². The van der Waals surface area contributed by atoms with E-state index in [1.807, 2.05) is 5.48 Å². The number of nitrogens with one attached hydrogen (secondary N) is 1. The molecule has 1 N–H and O–H groups in total. The van der Waals surface area contributed by atoms with Crippen LogP contribution in [0.3, 0.4) is 0 Å². The first-order valence-corrected chi connectivity index (χ1v) is 4.07. The van der Waals surface area contributed by atoms with Crippen LogP contribution in [0.4, 0.5) is 8.78 Å². The minimum absolute atomic E-state index is 0.370. The molecular formula is C9H9F2NO3. The smallest absolute Gasteiger partial charge is 0.293 e. The number of hydrogen-bond acceptors (Lipinski definition) is 3. The summed E-state index contributed by atoms with van der Waals surface area (Å²) in [6, 6.07) is 8.21. The molecule has 0 aliphatic rings. The van der Waals surface area contributed by atoms with E-state index in [0.29, 0.717) is 5.56 Å². The summed E-state index contributed by atoms with van der Waals surface area (Å²) in [5, 5.41) is 0. The van der Waals surface area contributed by atoms with Crippen molar-refractivity contribution in [3.05, 3.63) is 35.9 Å². The molecule has 1 aromatic rings. The quantitative estimate of drug-likeness (QED) is 0.462. The topological polar surface area (TPSA) is 47.6 Å². The van der Waals surface area contributed by atoms with E-state index in [0.717, 1.165) is 0 Å². The average molecular weight is 217 g/mol. The Hall–Kier alpha value is -1.53. The molecule has 0 saturated carbocycles. The largest absolute Gasteiger partial charge is 0.347 e. The van der Waals surface area contributed by atoms with Crippen LogP contribution >= 0.6 is 0 Å². The third-order valence-electron chi connectivity index (χ3n) is 1.45. The van der Waals surface area contributed by atoms with Gasteiger partial charge < -0.3 is 0 Å². The van der Waals surface area contributed by atoms with E-state index in [-0.39, 0.29) is 0 Å². The summed E-state index contributed by atoms with van der Waals surface area (Å²) in [6.07, 6.45) is 0. The number of rotatable bonds is 5. The fourth-order valence-electron chi connectivity index (χ4n) is 0.829. The Bertz CT molecular complexity index is 305. The molecule has 6 heteroatoms. The molecule has 0 fully saturated rings. The van der Waals surface area contributed by atoms with Crippen LogP contribution < -0.4 is 5.48 Å². The standard InChI is InChI=1S/C9H9F2NO3/c10-9(11)14-6-15-12-8(13)7-4-2-1-3-5-7/h1-5,9H,6H2,(H,12,13). The number of alkyl halides is 2. The van der Waals surface area contributed by atoms with Crippen molar-refractivity contribution in [2.75, 3.05) is 6.79 Å². The minimum atomic E-state index is -2.92. The zero-order valence-corrected chi connectivity index (χ0v) is 7.65. The molecule has 0 unspecified atom stereocenters. The number of hydrogen-bond donors (Lipinski definition) is 1. The van der Waals surface area contributed by atoms with Gasteiger partial charge in [-0.2, -0.15) is 8.78 Å². The van der Waals surface area contributed by atoms with Crippen LogP contribution in [0.2, 0.25) is 0 Å². The zero-order chi connectivity index (χ0) is 11.1. The third kappa shape index (κ3) is 4.48. The third-order valence-corrected chi connectivity index (χ3v) is 1.45. The van der Waals surface area contributed by atoms with Crippen molar-refractivity contribution >= 4 is 5.91 Å². The summed E-state index contributed by atoms with van der Waals surface area (Å²) in [7, 11) is 0. The molecule has 0 heterocycles. The Labute approximate surface area is 84.7 Å². The highest BCUT2D eigenvalue weighted by atomic mass is 19.3. The maximum Gasteiger partial charge on any atom is 0.347 e. The highest BCUT2D eigenvalue weighted by Gasteiger charge is 2.05. The summed E-state index contributed by atoms with van der Waals surface area (Å²) in [5.41, 5.74) is 2.33. The van der Waals surface area contributed by atoms with Gasteiger partial charge in [0.2, 0.25) is 0 Å². The van der Waals surface area contributed by atoms with Crippen LogP contribution in [0.5, 0.6) is 0 Å². The van der Waals surface area contributed by atoms with Gasteiger partial charge in [0.25, 0.3) is 5.91 Å². The van der Waals surface area contributed by atoms with Crippen molar-refractivity contribution in [3.63, 3.8) is 0 Å². The summed E-state index contributed by atoms with van der Waals surface area (Å²) < 4.78 is 26.7. The lowest BCUT2D eigenvalue weighted by Crippen LogP contribution is -2.25. The van der Waals surface area contributed by atoms with Gasteiger partial charge in [0.05, 0.1) is 0 Å². The molecule has 0 aliphatic carbocycles. The van der Waals surface area contributed by atoms with Crippen LogP contribution in [-0.4, -0.2) is 19.3 Å². The number of halogens is 2. The van der Waals surface area contributed by atoms with Gasteiger partial charge in [0.15, 0.2) is 6.79 Å². The van der Waals surface area contributed by atoms with Gasteiger partial charge in [-0.3, -0.25) is 9.53 Å². The van der Waals surface area contributed by atoms with Gasteiger partial charge in [0.1, 0.15) is 0 Å². The van der Waals surface area contributed by atoms with E-state index in [1.165, 1.54) is 0 Å². The van der Waals surface area contributed by atoms with Crippen LogP contribution in [-0.2, 0) is 9.57 Å². The molecule has 1 amide bonds. The van der Waals surface area contributed by atoms with Crippen molar-refractivity contribution in [3.8, 4) is 0 Å². The number of amides is 1. The normalized spacial score (nSPS) is 10.3. The first-order valence-electron chi connectivity index (χ1n) is 4.07. The molecule has 0 spiro atoms. The number of benzene rings is 1. The van der Waals surface area contributed by atoms with Crippen molar-refractivity contribution in [1.82, 2.24) is 5.48 Å². The second-order valence-electron chi connectivity index (χ2n) is 2.49. The Morgan fingerprint density at radius 1 is 1.33 bits per heavy atom. The molecule has 0 atom stereocenters. The minimum Gasteiger partial charge on any atom is -0.293 e. The van der Waals surface area contributed by atoms with E-state index >= 15 is 0 Å². The van der Waals surface area contributed by atoms with Gasteiger partial charge >= 0.3 is 6.61 Å². The molecular weight excluding hydrogens is 208 g/mol. The average Bonchev–Trinajstić information content (AvgIpc) is 2.25. The molecule has 0 bridgehead atoms. The van der Waals surface area contributed by atoms with Crippen LogP contribution in [0.25, 0.3) is 0 Å². The van der Waals surface area contributed by atoms with Gasteiger partial charge in [-0.05, 0) is 12.1 Å². The number of ether oxygens (including phenoxy) is 1. The number of carbonyl (C=O) groups excluding carboxylic acids is 1. The fraction of sp³-hybridized carbons (Fsp3) is 0.222. The Kier molecular flexibility index (Phi) is 4.65. The fourth-order valence-corrected chi connectivity index (χ4v) is 0.829. The highest BCUT2D eigenvalue weighted by Crippen LogP contribution is 1.98. The lowest BCUT2D eigenvalue weighted by Gasteiger charge is -2.05. The predicted molar refractivity (Wildman–Crippen MR) is 46.9 cm³/mol. The maximum absolute atomic E-state index is 11.5. The second kappa shape index (κ2) is 6.05. The number of carbonyl (C=O) groups is 1. The van der Waals surface area contributed by atoms with Crippen LogP contribution in [0, 0.1) is 0 Å². The maximum atomic E-state index is 11.5. The molecule has 1 aromatic carbocycles. The van der Waals surface area contributed by atoms with Gasteiger partial charge in [-0.1, -0.05) is 18.2 Å². The van der Waals surface area contributed by atoms with Crippen molar-refractivity contribution < 1.29 is 23.1 Å². The monoisotopic (exact) mass is 217 g/mol. The SMILES string of the molecule is O=C(NOCOC(F)F)c1ccccc1. The first-order chi connectivity index (χ1) is 7.20.